The molecule has 0 aliphatic rings. The molecule has 0 atom stereocenters. The summed E-state index contributed by atoms with van der Waals surface area (Å²) in [4.78, 5) is 14.1. The quantitative estimate of drug-likeness (QED) is 0.405. The largest absolute Gasteiger partial charge is 0.493 e. The van der Waals surface area contributed by atoms with Crippen molar-refractivity contribution >= 4 is 23.3 Å². The van der Waals surface area contributed by atoms with Gasteiger partial charge >= 0.3 is 0 Å². The van der Waals surface area contributed by atoms with Crippen LogP contribution in [0.4, 0.5) is 4.39 Å². The summed E-state index contributed by atoms with van der Waals surface area (Å²) < 4.78 is 23.6. The van der Waals surface area contributed by atoms with Crippen LogP contribution in [-0.2, 0) is 11.2 Å². The number of methoxy groups -OCH3 is 2. The third-order valence-corrected chi connectivity index (χ3v) is 5.64. The molecule has 1 N–H and O–H groups in total. The molecule has 7 heteroatoms. The molecule has 1 heterocycles. The minimum Gasteiger partial charge on any atom is -0.493 e. The molecule has 2 aromatic carbocycles. The zero-order valence-corrected chi connectivity index (χ0v) is 18.0. The topological polar surface area (TPSA) is 71.3 Å². The number of benzene rings is 2. The van der Waals surface area contributed by atoms with Crippen molar-refractivity contribution in [2.75, 3.05) is 20.8 Å². The van der Waals surface area contributed by atoms with Gasteiger partial charge < -0.3 is 14.8 Å². The predicted molar refractivity (Wildman–Crippen MR) is 120 cm³/mol. The van der Waals surface area contributed by atoms with E-state index in [1.165, 1.54) is 23.5 Å². The number of rotatable bonds is 8. The molecule has 0 fully saturated rings. The molecule has 31 heavy (non-hydrogen) atoms. The summed E-state index contributed by atoms with van der Waals surface area (Å²) in [5, 5.41) is 12.2. The third kappa shape index (κ3) is 5.71. The van der Waals surface area contributed by atoms with Crippen molar-refractivity contribution in [3.05, 3.63) is 76.4 Å². The zero-order chi connectivity index (χ0) is 22.2. The lowest BCUT2D eigenvalue weighted by Crippen LogP contribution is -2.26. The fourth-order valence-electron chi connectivity index (χ4n) is 2.94. The molecule has 158 valence electrons. The van der Waals surface area contributed by atoms with Crippen LogP contribution < -0.4 is 14.8 Å². The summed E-state index contributed by atoms with van der Waals surface area (Å²) in [6.07, 6.45) is 2.14. The Hall–Kier alpha value is -3.63. The van der Waals surface area contributed by atoms with Crippen molar-refractivity contribution in [1.82, 2.24) is 5.32 Å². The molecule has 3 aromatic rings. The number of amides is 1. The maximum Gasteiger partial charge on any atom is 0.261 e. The average molecular weight is 437 g/mol. The minimum absolute atomic E-state index is 0.0276. The minimum atomic E-state index is -0.431. The Labute approximate surface area is 184 Å². The van der Waals surface area contributed by atoms with Gasteiger partial charge in [-0.1, -0.05) is 18.2 Å². The summed E-state index contributed by atoms with van der Waals surface area (Å²) in [5.41, 5.74) is 1.88. The maximum absolute atomic E-state index is 13.1. The van der Waals surface area contributed by atoms with Crippen molar-refractivity contribution in [1.29, 1.82) is 5.26 Å². The van der Waals surface area contributed by atoms with Crippen molar-refractivity contribution in [2.24, 2.45) is 0 Å². The SMILES string of the molecule is COc1ccc(CCNC(=O)/C(C#N)=C/c2ccc(-c3ccc(F)cc3)s2)cc1OC. The highest BCUT2D eigenvalue weighted by atomic mass is 32.1. The van der Waals surface area contributed by atoms with E-state index in [4.69, 9.17) is 9.47 Å². The molecular weight excluding hydrogens is 415 g/mol. The maximum atomic E-state index is 13.1. The molecule has 0 bridgehead atoms. The van der Waals surface area contributed by atoms with Crippen molar-refractivity contribution < 1.29 is 18.7 Å². The summed E-state index contributed by atoms with van der Waals surface area (Å²) in [5.74, 6) is 0.538. The number of nitriles is 1. The first-order valence-electron chi connectivity index (χ1n) is 9.50. The van der Waals surface area contributed by atoms with Crippen LogP contribution in [0.1, 0.15) is 10.4 Å². The van der Waals surface area contributed by atoms with Gasteiger partial charge in [0.15, 0.2) is 11.5 Å². The van der Waals surface area contributed by atoms with E-state index in [0.29, 0.717) is 24.5 Å². The molecule has 0 radical (unpaired) electrons. The van der Waals surface area contributed by atoms with E-state index in [9.17, 15) is 14.4 Å². The molecule has 0 saturated heterocycles. The molecule has 0 saturated carbocycles. The van der Waals surface area contributed by atoms with Crippen LogP contribution in [0.15, 0.2) is 60.2 Å². The predicted octanol–water partition coefficient (Wildman–Crippen LogP) is 4.84. The molecule has 5 nitrogen and oxygen atoms in total. The van der Waals surface area contributed by atoms with Crippen LogP contribution >= 0.6 is 11.3 Å². The number of halogens is 1. The van der Waals surface area contributed by atoms with Gasteiger partial charge in [0, 0.05) is 16.3 Å². The second-order valence-corrected chi connectivity index (χ2v) is 7.69. The first kappa shape index (κ1) is 22.1. The van der Waals surface area contributed by atoms with Crippen LogP contribution in [0.25, 0.3) is 16.5 Å². The van der Waals surface area contributed by atoms with Gasteiger partial charge in [-0.25, -0.2) is 4.39 Å². The first-order chi connectivity index (χ1) is 15.0. The lowest BCUT2D eigenvalue weighted by Gasteiger charge is -2.10. The highest BCUT2D eigenvalue weighted by Gasteiger charge is 2.11. The number of carbonyl (C=O) groups excluding carboxylic acids is 1. The van der Waals surface area contributed by atoms with Crippen molar-refractivity contribution in [2.45, 2.75) is 6.42 Å². The number of carbonyl (C=O) groups is 1. The van der Waals surface area contributed by atoms with E-state index in [2.05, 4.69) is 5.32 Å². The number of hydrogen-bond donors (Lipinski definition) is 1. The van der Waals surface area contributed by atoms with E-state index in [1.807, 2.05) is 36.4 Å². The highest BCUT2D eigenvalue weighted by Crippen LogP contribution is 2.30. The summed E-state index contributed by atoms with van der Waals surface area (Å²) in [6.45, 7) is 0.374. The lowest BCUT2D eigenvalue weighted by atomic mass is 10.1. The smallest absolute Gasteiger partial charge is 0.261 e. The Morgan fingerprint density at radius 2 is 1.84 bits per heavy atom. The Bertz CT molecular complexity index is 1130. The fraction of sp³-hybridized carbons (Fsp3) is 0.167. The van der Waals surface area contributed by atoms with Gasteiger partial charge in [0.05, 0.1) is 14.2 Å². The summed E-state index contributed by atoms with van der Waals surface area (Å²) >= 11 is 1.43. The van der Waals surface area contributed by atoms with Gasteiger partial charge in [-0.15, -0.1) is 11.3 Å². The van der Waals surface area contributed by atoms with Crippen LogP contribution in [0.5, 0.6) is 11.5 Å². The van der Waals surface area contributed by atoms with Crippen LogP contribution in [-0.4, -0.2) is 26.7 Å². The van der Waals surface area contributed by atoms with E-state index in [1.54, 1.807) is 32.4 Å². The first-order valence-corrected chi connectivity index (χ1v) is 10.3. The Kier molecular flexibility index (Phi) is 7.41. The monoisotopic (exact) mass is 436 g/mol. The van der Waals surface area contributed by atoms with Crippen molar-refractivity contribution in [3.63, 3.8) is 0 Å². The van der Waals surface area contributed by atoms with Crippen LogP contribution in [0, 0.1) is 17.1 Å². The highest BCUT2D eigenvalue weighted by molar-refractivity contribution is 7.16. The lowest BCUT2D eigenvalue weighted by molar-refractivity contribution is -0.117. The molecule has 0 aliphatic heterocycles. The molecule has 1 amide bonds. The second kappa shape index (κ2) is 10.4. The molecular formula is C24H21FN2O3S. The van der Waals surface area contributed by atoms with Crippen LogP contribution in [0.3, 0.4) is 0 Å². The number of hydrogen-bond acceptors (Lipinski definition) is 5. The second-order valence-electron chi connectivity index (χ2n) is 6.57. The normalized spacial score (nSPS) is 11.0. The molecule has 3 rings (SSSR count). The van der Waals surface area contributed by atoms with Gasteiger partial charge in [0.2, 0.25) is 0 Å². The van der Waals surface area contributed by atoms with E-state index in [0.717, 1.165) is 20.9 Å². The average Bonchev–Trinajstić information content (AvgIpc) is 3.26. The molecule has 0 aliphatic carbocycles. The van der Waals surface area contributed by atoms with E-state index >= 15 is 0 Å². The van der Waals surface area contributed by atoms with E-state index < -0.39 is 5.91 Å². The Morgan fingerprint density at radius 3 is 2.52 bits per heavy atom. The molecule has 0 unspecified atom stereocenters. The standard InChI is InChI=1S/C24H21FN2O3S/c1-29-21-9-3-16(13-22(21)30-2)11-12-27-24(28)18(15-26)14-20-8-10-23(31-20)17-4-6-19(25)7-5-17/h3-10,13-14H,11-12H2,1-2H3,(H,27,28)/b18-14+. The Balaban J connectivity index is 1.62. The number of ether oxygens (including phenoxy) is 2. The van der Waals surface area contributed by atoms with Gasteiger partial charge in [0.25, 0.3) is 5.91 Å². The van der Waals surface area contributed by atoms with Gasteiger partial charge in [-0.05, 0) is 60.0 Å². The van der Waals surface area contributed by atoms with E-state index in [-0.39, 0.29) is 11.4 Å². The fourth-order valence-corrected chi connectivity index (χ4v) is 3.90. The van der Waals surface area contributed by atoms with Gasteiger partial charge in [-0.2, -0.15) is 5.26 Å². The molecule has 1 aromatic heterocycles. The van der Waals surface area contributed by atoms with Crippen LogP contribution in [0.2, 0.25) is 0 Å². The Morgan fingerprint density at radius 1 is 1.10 bits per heavy atom. The summed E-state index contributed by atoms with van der Waals surface area (Å²) in [7, 11) is 3.14. The van der Waals surface area contributed by atoms with Gasteiger partial charge in [0.1, 0.15) is 17.5 Å². The molecule has 0 spiro atoms. The third-order valence-electron chi connectivity index (χ3n) is 4.55. The zero-order valence-electron chi connectivity index (χ0n) is 17.1. The number of thiophene rings is 1. The summed E-state index contributed by atoms with van der Waals surface area (Å²) in [6, 6.07) is 17.4. The van der Waals surface area contributed by atoms with Crippen molar-refractivity contribution in [3.8, 4) is 28.0 Å². The number of nitrogens with one attached hydrogen (secondary N) is 1. The van der Waals surface area contributed by atoms with Gasteiger partial charge in [-0.3, -0.25) is 4.79 Å². The number of nitrogens with zero attached hydrogens (tertiary/aromatic N) is 1.